The minimum Gasteiger partial charge on any atom is -0.287 e. The summed E-state index contributed by atoms with van der Waals surface area (Å²) in [7, 11) is 0. The highest BCUT2D eigenvalue weighted by Gasteiger charge is 2.39. The molecule has 0 unspecified atom stereocenters. The summed E-state index contributed by atoms with van der Waals surface area (Å²) in [6.45, 7) is 3.38. The average Bonchev–Trinajstić information content (AvgIpc) is 2.09. The number of halogens is 4. The molecule has 0 saturated carbocycles. The number of ketones is 1. The Labute approximate surface area is 99.8 Å². The third-order valence-electron chi connectivity index (χ3n) is 2.00. The van der Waals surface area contributed by atoms with Gasteiger partial charge >= 0.3 is 0 Å². The maximum Gasteiger partial charge on any atom is 0.215 e. The van der Waals surface area contributed by atoms with E-state index in [-0.39, 0.29) is 15.8 Å². The minimum absolute atomic E-state index is 0.0856. The van der Waals surface area contributed by atoms with E-state index in [2.05, 4.69) is 15.9 Å². The molecule has 1 rings (SSSR count). The summed E-state index contributed by atoms with van der Waals surface area (Å²) in [5.74, 6) is -0.367. The van der Waals surface area contributed by atoms with Crippen LogP contribution in [0.3, 0.4) is 0 Å². The van der Waals surface area contributed by atoms with Crippen LogP contribution in [-0.4, -0.2) is 9.57 Å². The van der Waals surface area contributed by atoms with Gasteiger partial charge in [-0.2, -0.15) is 0 Å². The highest BCUT2D eigenvalue weighted by atomic mass is 79.9. The second kappa shape index (κ2) is 3.58. The number of carbonyl (C=O) groups excluding carboxylic acids is 1. The van der Waals surface area contributed by atoms with Gasteiger partial charge in [0.2, 0.25) is 5.78 Å². The lowest BCUT2D eigenvalue weighted by molar-refractivity contribution is -0.111. The standard InChI is InChI=1S/C8H6BrCl3O/c1-3-5(10)7(13)6(11)4(2)8(3,9)12/h1-2H3. The van der Waals surface area contributed by atoms with Gasteiger partial charge in [0.25, 0.3) is 0 Å². The maximum absolute atomic E-state index is 11.4. The van der Waals surface area contributed by atoms with Crippen molar-refractivity contribution >= 4 is 56.5 Å². The molecule has 0 heterocycles. The normalized spacial score (nSPS) is 22.8. The van der Waals surface area contributed by atoms with E-state index >= 15 is 0 Å². The van der Waals surface area contributed by atoms with E-state index in [1.54, 1.807) is 13.8 Å². The van der Waals surface area contributed by atoms with Gasteiger partial charge in [0.05, 0.1) is 10.1 Å². The Balaban J connectivity index is 3.39. The van der Waals surface area contributed by atoms with Crippen molar-refractivity contribution in [1.29, 1.82) is 0 Å². The van der Waals surface area contributed by atoms with Crippen molar-refractivity contribution < 1.29 is 4.79 Å². The Hall–Kier alpha value is 0.500. The van der Waals surface area contributed by atoms with E-state index < -0.39 is 3.78 Å². The molecule has 0 N–H and O–H groups in total. The largest absolute Gasteiger partial charge is 0.287 e. The van der Waals surface area contributed by atoms with E-state index in [0.29, 0.717) is 11.1 Å². The third kappa shape index (κ3) is 1.70. The molecule has 0 bridgehead atoms. The first-order chi connectivity index (χ1) is 5.80. The Morgan fingerprint density at radius 3 is 1.77 bits per heavy atom. The van der Waals surface area contributed by atoms with E-state index in [0.717, 1.165) is 0 Å². The molecule has 0 saturated heterocycles. The summed E-state index contributed by atoms with van der Waals surface area (Å²) in [5.41, 5.74) is 1.14. The van der Waals surface area contributed by atoms with Crippen molar-refractivity contribution in [1.82, 2.24) is 0 Å². The fraction of sp³-hybridized carbons (Fsp3) is 0.375. The quantitative estimate of drug-likeness (QED) is 0.620. The molecule has 0 aromatic heterocycles. The van der Waals surface area contributed by atoms with Crippen LogP contribution < -0.4 is 0 Å². The van der Waals surface area contributed by atoms with Crippen LogP contribution in [0, 0.1) is 0 Å². The molecule has 1 aliphatic carbocycles. The molecule has 0 spiro atoms. The molecular weight excluding hydrogens is 298 g/mol. The zero-order valence-electron chi connectivity index (χ0n) is 6.92. The molecule has 0 aliphatic heterocycles. The van der Waals surface area contributed by atoms with Crippen LogP contribution in [0.25, 0.3) is 0 Å². The van der Waals surface area contributed by atoms with Crippen molar-refractivity contribution in [2.75, 3.05) is 0 Å². The zero-order chi connectivity index (χ0) is 10.4. The first-order valence-electron chi connectivity index (χ1n) is 3.46. The molecule has 0 aromatic carbocycles. The Bertz CT molecular complexity index is 311. The van der Waals surface area contributed by atoms with Crippen molar-refractivity contribution in [3.05, 3.63) is 21.2 Å². The van der Waals surface area contributed by atoms with Crippen LogP contribution in [-0.2, 0) is 4.79 Å². The molecule has 1 aliphatic rings. The van der Waals surface area contributed by atoms with Crippen LogP contribution in [0.4, 0.5) is 0 Å². The molecule has 1 nitrogen and oxygen atoms in total. The van der Waals surface area contributed by atoms with Gasteiger partial charge in [0.1, 0.15) is 3.78 Å². The SMILES string of the molecule is CC1=C(Cl)C(=O)C(Cl)=C(C)C1(Cl)Br. The van der Waals surface area contributed by atoms with Crippen molar-refractivity contribution in [3.63, 3.8) is 0 Å². The lowest BCUT2D eigenvalue weighted by Gasteiger charge is -2.27. The zero-order valence-corrected chi connectivity index (χ0v) is 10.8. The van der Waals surface area contributed by atoms with Gasteiger partial charge in [-0.05, 0) is 25.0 Å². The Morgan fingerprint density at radius 2 is 1.46 bits per heavy atom. The fourth-order valence-electron chi connectivity index (χ4n) is 0.994. The lowest BCUT2D eigenvalue weighted by atomic mass is 9.98. The van der Waals surface area contributed by atoms with Gasteiger partial charge in [-0.3, -0.25) is 4.79 Å². The molecule has 0 fully saturated rings. The van der Waals surface area contributed by atoms with Crippen molar-refractivity contribution in [2.45, 2.75) is 17.6 Å². The number of rotatable bonds is 0. The number of allylic oxidation sites excluding steroid dienone is 4. The van der Waals surface area contributed by atoms with Gasteiger partial charge in [0, 0.05) is 0 Å². The molecule has 72 valence electrons. The number of Topliss-reactive ketones (excluding diaryl/α,β-unsaturated/α-hetero) is 1. The Kier molecular flexibility index (Phi) is 3.18. The highest BCUT2D eigenvalue weighted by molar-refractivity contribution is 9.10. The molecule has 0 atom stereocenters. The van der Waals surface area contributed by atoms with Gasteiger partial charge in [-0.25, -0.2) is 0 Å². The van der Waals surface area contributed by atoms with Crippen LogP contribution in [0.2, 0.25) is 0 Å². The molecule has 0 aromatic rings. The predicted octanol–water partition coefficient (Wildman–Crippen LogP) is 3.92. The van der Waals surface area contributed by atoms with Crippen LogP contribution >= 0.6 is 50.7 Å². The van der Waals surface area contributed by atoms with Gasteiger partial charge in [0.15, 0.2) is 0 Å². The third-order valence-corrected chi connectivity index (χ3v) is 4.67. The summed E-state index contributed by atoms with van der Waals surface area (Å²) in [6.07, 6.45) is 0. The smallest absolute Gasteiger partial charge is 0.215 e. The number of hydrogen-bond donors (Lipinski definition) is 0. The maximum atomic E-state index is 11.4. The van der Waals surface area contributed by atoms with E-state index in [1.807, 2.05) is 0 Å². The van der Waals surface area contributed by atoms with Crippen molar-refractivity contribution in [3.8, 4) is 0 Å². The molecule has 5 heteroatoms. The van der Waals surface area contributed by atoms with Crippen molar-refractivity contribution in [2.24, 2.45) is 0 Å². The highest BCUT2D eigenvalue weighted by Crippen LogP contribution is 2.47. The first kappa shape index (κ1) is 11.6. The molecule has 0 radical (unpaired) electrons. The summed E-state index contributed by atoms with van der Waals surface area (Å²) < 4.78 is -0.922. The fourth-order valence-corrected chi connectivity index (χ4v) is 2.43. The Morgan fingerprint density at radius 1 is 1.15 bits per heavy atom. The lowest BCUT2D eigenvalue weighted by Crippen LogP contribution is -2.25. The number of carbonyl (C=O) groups is 1. The van der Waals surface area contributed by atoms with Gasteiger partial charge in [-0.15, -0.1) is 0 Å². The monoisotopic (exact) mass is 302 g/mol. The first-order valence-corrected chi connectivity index (χ1v) is 5.39. The second-order valence-electron chi connectivity index (χ2n) is 2.78. The average molecular weight is 304 g/mol. The summed E-state index contributed by atoms with van der Waals surface area (Å²) in [6, 6.07) is 0. The van der Waals surface area contributed by atoms with Crippen LogP contribution in [0.1, 0.15) is 13.8 Å². The van der Waals surface area contributed by atoms with Crippen LogP contribution in [0.15, 0.2) is 21.2 Å². The summed E-state index contributed by atoms with van der Waals surface area (Å²) in [4.78, 5) is 11.4. The molecule has 13 heavy (non-hydrogen) atoms. The predicted molar refractivity (Wildman–Crippen MR) is 59.6 cm³/mol. The van der Waals surface area contributed by atoms with E-state index in [9.17, 15) is 4.79 Å². The molecular formula is C8H6BrCl3O. The van der Waals surface area contributed by atoms with Crippen LogP contribution in [0.5, 0.6) is 0 Å². The number of hydrogen-bond acceptors (Lipinski definition) is 1. The summed E-state index contributed by atoms with van der Waals surface area (Å²) >= 11 is 20.9. The van der Waals surface area contributed by atoms with E-state index in [4.69, 9.17) is 34.8 Å². The topological polar surface area (TPSA) is 17.1 Å². The number of alkyl halides is 2. The van der Waals surface area contributed by atoms with E-state index in [1.165, 1.54) is 0 Å². The van der Waals surface area contributed by atoms with Gasteiger partial charge < -0.3 is 0 Å². The minimum atomic E-state index is -0.922. The second-order valence-corrected chi connectivity index (χ2v) is 5.75. The van der Waals surface area contributed by atoms with Gasteiger partial charge in [-0.1, -0.05) is 50.7 Å². The molecule has 0 amide bonds. The summed E-state index contributed by atoms with van der Waals surface area (Å²) in [5, 5.41) is 0.171.